The predicted molar refractivity (Wildman–Crippen MR) is 83.1 cm³/mol. The highest BCUT2D eigenvalue weighted by molar-refractivity contribution is 5.28. The SMILES string of the molecule is CCOC(c1nc(C)c2c(n1)CNCC2)C1CCCCC1. The minimum atomic E-state index is 0.0845. The minimum Gasteiger partial charge on any atom is -0.370 e. The number of hydrogen-bond acceptors (Lipinski definition) is 4. The summed E-state index contributed by atoms with van der Waals surface area (Å²) in [6.45, 7) is 6.84. The number of aryl methyl sites for hydroxylation is 1. The summed E-state index contributed by atoms with van der Waals surface area (Å²) in [5, 5.41) is 3.41. The van der Waals surface area contributed by atoms with Crippen molar-refractivity contribution in [3.05, 3.63) is 22.8 Å². The molecule has 0 amide bonds. The van der Waals surface area contributed by atoms with E-state index in [2.05, 4.69) is 19.2 Å². The van der Waals surface area contributed by atoms with Gasteiger partial charge >= 0.3 is 0 Å². The highest BCUT2D eigenvalue weighted by atomic mass is 16.5. The Balaban J connectivity index is 1.89. The second-order valence-corrected chi connectivity index (χ2v) is 6.29. The van der Waals surface area contributed by atoms with Crippen LogP contribution in [0.15, 0.2) is 0 Å². The summed E-state index contributed by atoms with van der Waals surface area (Å²) in [7, 11) is 0. The molecule has 0 bridgehead atoms. The van der Waals surface area contributed by atoms with Gasteiger partial charge in [0.15, 0.2) is 5.82 Å². The molecule has 1 N–H and O–H groups in total. The molecule has 1 saturated carbocycles. The van der Waals surface area contributed by atoms with Gasteiger partial charge in [-0.25, -0.2) is 9.97 Å². The number of nitrogens with zero attached hydrogens (tertiary/aromatic N) is 2. The van der Waals surface area contributed by atoms with E-state index in [9.17, 15) is 0 Å². The lowest BCUT2D eigenvalue weighted by Crippen LogP contribution is -2.28. The third-order valence-electron chi connectivity index (χ3n) is 4.84. The van der Waals surface area contributed by atoms with Crippen molar-refractivity contribution in [2.75, 3.05) is 13.2 Å². The Kier molecular flexibility index (Phi) is 4.86. The fourth-order valence-corrected chi connectivity index (χ4v) is 3.74. The average molecular weight is 289 g/mol. The first-order chi connectivity index (χ1) is 10.3. The zero-order valence-corrected chi connectivity index (χ0v) is 13.3. The Hall–Kier alpha value is -1.00. The van der Waals surface area contributed by atoms with Crippen molar-refractivity contribution >= 4 is 0 Å². The Bertz CT molecular complexity index is 483. The lowest BCUT2D eigenvalue weighted by Gasteiger charge is -2.30. The molecule has 2 aliphatic rings. The summed E-state index contributed by atoms with van der Waals surface area (Å²) in [6, 6.07) is 0. The minimum absolute atomic E-state index is 0.0845. The summed E-state index contributed by atoms with van der Waals surface area (Å²) < 4.78 is 6.07. The van der Waals surface area contributed by atoms with Gasteiger partial charge in [0.05, 0.1) is 5.69 Å². The van der Waals surface area contributed by atoms with Crippen LogP contribution in [0.25, 0.3) is 0 Å². The third kappa shape index (κ3) is 3.27. The first kappa shape index (κ1) is 14.9. The monoisotopic (exact) mass is 289 g/mol. The van der Waals surface area contributed by atoms with Crippen LogP contribution in [0.5, 0.6) is 0 Å². The van der Waals surface area contributed by atoms with Crippen molar-refractivity contribution in [1.82, 2.24) is 15.3 Å². The van der Waals surface area contributed by atoms with E-state index in [4.69, 9.17) is 14.7 Å². The van der Waals surface area contributed by atoms with Crippen LogP contribution in [0.4, 0.5) is 0 Å². The Morgan fingerprint density at radius 3 is 2.81 bits per heavy atom. The van der Waals surface area contributed by atoms with E-state index in [1.54, 1.807) is 0 Å². The van der Waals surface area contributed by atoms with Gasteiger partial charge in [-0.15, -0.1) is 0 Å². The van der Waals surface area contributed by atoms with E-state index in [0.29, 0.717) is 5.92 Å². The van der Waals surface area contributed by atoms with Gasteiger partial charge in [-0.1, -0.05) is 19.3 Å². The van der Waals surface area contributed by atoms with Crippen LogP contribution in [-0.4, -0.2) is 23.1 Å². The van der Waals surface area contributed by atoms with Crippen molar-refractivity contribution in [3.8, 4) is 0 Å². The predicted octanol–water partition coefficient (Wildman–Crippen LogP) is 3.09. The summed E-state index contributed by atoms with van der Waals surface area (Å²) in [5.74, 6) is 1.51. The highest BCUT2D eigenvalue weighted by Gasteiger charge is 2.29. The maximum absolute atomic E-state index is 6.07. The van der Waals surface area contributed by atoms with Crippen LogP contribution >= 0.6 is 0 Å². The van der Waals surface area contributed by atoms with Crippen LogP contribution in [0.3, 0.4) is 0 Å². The van der Waals surface area contributed by atoms with Gasteiger partial charge in [-0.05, 0) is 51.1 Å². The van der Waals surface area contributed by atoms with Crippen LogP contribution in [0.1, 0.15) is 67.9 Å². The second kappa shape index (κ2) is 6.84. The fraction of sp³-hybridized carbons (Fsp3) is 0.765. The third-order valence-corrected chi connectivity index (χ3v) is 4.84. The first-order valence-corrected chi connectivity index (χ1v) is 8.48. The molecule has 0 spiro atoms. The molecule has 0 radical (unpaired) electrons. The molecule has 1 aliphatic carbocycles. The van der Waals surface area contributed by atoms with Gasteiger partial charge in [0.2, 0.25) is 0 Å². The van der Waals surface area contributed by atoms with E-state index in [0.717, 1.165) is 37.6 Å². The van der Waals surface area contributed by atoms with E-state index in [1.807, 2.05) is 0 Å². The molecular formula is C17H27N3O. The number of nitrogens with one attached hydrogen (secondary N) is 1. The number of rotatable bonds is 4. The maximum atomic E-state index is 6.07. The van der Waals surface area contributed by atoms with E-state index < -0.39 is 0 Å². The summed E-state index contributed by atoms with van der Waals surface area (Å²) >= 11 is 0. The molecule has 116 valence electrons. The van der Waals surface area contributed by atoms with Crippen molar-refractivity contribution in [2.24, 2.45) is 5.92 Å². The topological polar surface area (TPSA) is 47.0 Å². The molecule has 21 heavy (non-hydrogen) atoms. The second-order valence-electron chi connectivity index (χ2n) is 6.29. The Labute approximate surface area is 127 Å². The quantitative estimate of drug-likeness (QED) is 0.925. The summed E-state index contributed by atoms with van der Waals surface area (Å²) in [5.41, 5.74) is 3.68. The first-order valence-electron chi connectivity index (χ1n) is 8.48. The zero-order valence-electron chi connectivity index (χ0n) is 13.3. The molecule has 0 aromatic carbocycles. The molecule has 4 heteroatoms. The lowest BCUT2D eigenvalue weighted by atomic mass is 9.84. The van der Waals surface area contributed by atoms with Gasteiger partial charge in [0.1, 0.15) is 6.10 Å². The number of fused-ring (bicyclic) bond motifs is 1. The summed E-state index contributed by atoms with van der Waals surface area (Å²) in [4.78, 5) is 9.69. The Morgan fingerprint density at radius 2 is 2.05 bits per heavy atom. The fourth-order valence-electron chi connectivity index (χ4n) is 3.74. The van der Waals surface area contributed by atoms with Gasteiger partial charge in [0, 0.05) is 18.8 Å². The van der Waals surface area contributed by atoms with Crippen LogP contribution in [0.2, 0.25) is 0 Å². The molecule has 1 aromatic heterocycles. The van der Waals surface area contributed by atoms with Crippen LogP contribution in [-0.2, 0) is 17.7 Å². The van der Waals surface area contributed by atoms with E-state index in [-0.39, 0.29) is 6.10 Å². The molecule has 1 unspecified atom stereocenters. The molecule has 1 atom stereocenters. The zero-order chi connectivity index (χ0) is 14.7. The van der Waals surface area contributed by atoms with Crippen molar-refractivity contribution < 1.29 is 4.74 Å². The van der Waals surface area contributed by atoms with Crippen molar-refractivity contribution in [2.45, 2.75) is 65.0 Å². The maximum Gasteiger partial charge on any atom is 0.157 e. The molecule has 3 rings (SSSR count). The van der Waals surface area contributed by atoms with Crippen molar-refractivity contribution in [3.63, 3.8) is 0 Å². The Morgan fingerprint density at radius 1 is 1.24 bits per heavy atom. The van der Waals surface area contributed by atoms with Crippen LogP contribution < -0.4 is 5.32 Å². The molecule has 2 heterocycles. The molecule has 1 fully saturated rings. The average Bonchev–Trinajstić information content (AvgIpc) is 2.53. The number of hydrogen-bond donors (Lipinski definition) is 1. The molecule has 4 nitrogen and oxygen atoms in total. The standard InChI is InChI=1S/C17H27N3O/c1-3-21-16(13-7-5-4-6-8-13)17-19-12(2)14-9-10-18-11-15(14)20-17/h13,16,18H,3-11H2,1-2H3. The summed E-state index contributed by atoms with van der Waals surface area (Å²) in [6.07, 6.45) is 7.64. The molecule has 0 saturated heterocycles. The largest absolute Gasteiger partial charge is 0.370 e. The lowest BCUT2D eigenvalue weighted by molar-refractivity contribution is -0.000496. The highest BCUT2D eigenvalue weighted by Crippen LogP contribution is 2.36. The molecular weight excluding hydrogens is 262 g/mol. The molecule has 1 aliphatic heterocycles. The van der Waals surface area contributed by atoms with Gasteiger partial charge in [0.25, 0.3) is 0 Å². The van der Waals surface area contributed by atoms with Gasteiger partial charge < -0.3 is 10.1 Å². The smallest absolute Gasteiger partial charge is 0.157 e. The van der Waals surface area contributed by atoms with E-state index >= 15 is 0 Å². The van der Waals surface area contributed by atoms with Crippen LogP contribution in [0, 0.1) is 12.8 Å². The van der Waals surface area contributed by atoms with Crippen molar-refractivity contribution in [1.29, 1.82) is 0 Å². The van der Waals surface area contributed by atoms with Gasteiger partial charge in [-0.2, -0.15) is 0 Å². The van der Waals surface area contributed by atoms with E-state index in [1.165, 1.54) is 43.4 Å². The number of ether oxygens (including phenoxy) is 1. The normalized spacial score (nSPS) is 21.0. The molecule has 1 aromatic rings. The van der Waals surface area contributed by atoms with Gasteiger partial charge in [-0.3, -0.25) is 0 Å². The number of aromatic nitrogens is 2.